The Hall–Kier alpha value is -1.46. The topological polar surface area (TPSA) is 145 Å². The van der Waals surface area contributed by atoms with Gasteiger partial charge in [0.25, 0.3) is 0 Å². The first-order chi connectivity index (χ1) is 23.7. The fourth-order valence-electron chi connectivity index (χ4n) is 3.85. The van der Waals surface area contributed by atoms with Gasteiger partial charge in [0.2, 0.25) is 0 Å². The lowest BCUT2D eigenvalue weighted by atomic mass is 10.1. The van der Waals surface area contributed by atoms with Gasteiger partial charge in [-0.3, -0.25) is 9.59 Å². The van der Waals surface area contributed by atoms with E-state index in [2.05, 4.69) is 11.7 Å². The maximum absolute atomic E-state index is 11.7. The zero-order valence-electron chi connectivity index (χ0n) is 29.9. The van der Waals surface area contributed by atoms with Crippen molar-refractivity contribution >= 4 is 11.9 Å². The summed E-state index contributed by atoms with van der Waals surface area (Å²) in [5.41, 5.74) is 0. The molecule has 0 fully saturated rings. The molecule has 0 rings (SSSR count). The monoisotopic (exact) mass is 698 g/mol. The van der Waals surface area contributed by atoms with E-state index in [-0.39, 0.29) is 25.0 Å². The molecule has 0 aromatic rings. The second kappa shape index (κ2) is 41.7. The number of methoxy groups -OCH3 is 1. The number of ether oxygens (including phenoxy) is 12. The zero-order chi connectivity index (χ0) is 34.9. The van der Waals surface area contributed by atoms with Crippen molar-refractivity contribution in [3.05, 3.63) is 0 Å². The van der Waals surface area contributed by atoms with E-state index in [0.29, 0.717) is 139 Å². The number of carbonyl (C=O) groups excluding carboxylic acids is 2. The van der Waals surface area contributed by atoms with Crippen LogP contribution in [0, 0.1) is 0 Å². The van der Waals surface area contributed by atoms with Crippen molar-refractivity contribution in [3.63, 3.8) is 0 Å². The molecule has 0 aliphatic carbocycles. The molecule has 0 amide bonds. The van der Waals surface area contributed by atoms with Gasteiger partial charge in [-0.2, -0.15) is 0 Å². The fraction of sp³-hybridized carbons (Fsp3) is 0.941. The van der Waals surface area contributed by atoms with Crippen LogP contribution < -0.4 is 0 Å². The van der Waals surface area contributed by atoms with Gasteiger partial charge < -0.3 is 56.8 Å². The first-order valence-corrected chi connectivity index (χ1v) is 17.7. The van der Waals surface area contributed by atoms with Gasteiger partial charge in [0.15, 0.2) is 0 Å². The third kappa shape index (κ3) is 40.7. The highest BCUT2D eigenvalue weighted by Crippen LogP contribution is 2.08. The highest BCUT2D eigenvalue weighted by molar-refractivity contribution is 5.69. The molecule has 0 aromatic heterocycles. The van der Waals surface area contributed by atoms with Crippen molar-refractivity contribution in [3.8, 4) is 0 Å². The summed E-state index contributed by atoms with van der Waals surface area (Å²) in [5.74, 6) is -0.432. The van der Waals surface area contributed by atoms with Gasteiger partial charge in [0.05, 0.1) is 146 Å². The molecule has 0 N–H and O–H groups in total. The van der Waals surface area contributed by atoms with Crippen LogP contribution in [-0.2, 0) is 66.4 Å². The SMILES string of the molecule is CCCCCCCCCC(=O)OCCOCCOCCOCCOCCOCCOCCOCCOCCOCCOCCC(=O)OC. The van der Waals surface area contributed by atoms with Gasteiger partial charge >= 0.3 is 11.9 Å². The maximum Gasteiger partial charge on any atom is 0.307 e. The van der Waals surface area contributed by atoms with Gasteiger partial charge in [-0.1, -0.05) is 45.4 Å². The highest BCUT2D eigenvalue weighted by Gasteiger charge is 2.03. The summed E-state index contributed by atoms with van der Waals surface area (Å²) in [7, 11) is 1.35. The molecular weight excluding hydrogens is 632 g/mol. The van der Waals surface area contributed by atoms with Crippen molar-refractivity contribution in [1.29, 1.82) is 0 Å². The molecule has 0 aliphatic rings. The maximum atomic E-state index is 11.7. The van der Waals surface area contributed by atoms with E-state index in [4.69, 9.17) is 52.1 Å². The van der Waals surface area contributed by atoms with E-state index in [1.807, 2.05) is 0 Å². The van der Waals surface area contributed by atoms with Crippen molar-refractivity contribution in [2.45, 2.75) is 64.7 Å². The quantitative estimate of drug-likeness (QED) is 0.0679. The van der Waals surface area contributed by atoms with Crippen molar-refractivity contribution < 1.29 is 66.4 Å². The minimum Gasteiger partial charge on any atom is -0.469 e. The molecule has 0 saturated heterocycles. The molecule has 0 unspecified atom stereocenters. The van der Waals surface area contributed by atoms with Crippen LogP contribution in [0.5, 0.6) is 0 Å². The molecule has 0 aliphatic heterocycles. The van der Waals surface area contributed by atoms with Crippen LogP contribution in [0.2, 0.25) is 0 Å². The molecule has 0 saturated carbocycles. The van der Waals surface area contributed by atoms with Gasteiger partial charge in [0.1, 0.15) is 6.61 Å². The number of hydrogen-bond donors (Lipinski definition) is 0. The Labute approximate surface area is 288 Å². The largest absolute Gasteiger partial charge is 0.469 e. The van der Waals surface area contributed by atoms with Crippen LogP contribution in [0.15, 0.2) is 0 Å². The summed E-state index contributed by atoms with van der Waals surface area (Å²) in [6.45, 7) is 11.8. The number of rotatable bonds is 41. The minimum absolute atomic E-state index is 0.144. The highest BCUT2D eigenvalue weighted by atomic mass is 16.6. The Morgan fingerprint density at radius 3 is 0.958 bits per heavy atom. The van der Waals surface area contributed by atoms with Crippen LogP contribution >= 0.6 is 0 Å². The standard InChI is InChI=1S/C34H66O14/c1-3-4-5-6-7-8-9-10-34(36)48-32-31-47-30-29-46-28-27-45-26-25-44-24-23-43-22-21-42-20-19-41-18-17-40-16-15-39-14-13-38-12-11-33(35)37-2/h3-32H2,1-2H3. The van der Waals surface area contributed by atoms with E-state index in [0.717, 1.165) is 12.8 Å². The Kier molecular flexibility index (Phi) is 40.4. The first-order valence-electron chi connectivity index (χ1n) is 17.7. The van der Waals surface area contributed by atoms with Crippen LogP contribution in [0.4, 0.5) is 0 Å². The van der Waals surface area contributed by atoms with Crippen molar-refractivity contribution in [2.75, 3.05) is 146 Å². The number of carbonyl (C=O) groups is 2. The van der Waals surface area contributed by atoms with Gasteiger partial charge in [-0.15, -0.1) is 0 Å². The molecule has 0 heterocycles. The molecular formula is C34H66O14. The Bertz CT molecular complexity index is 655. The second-order valence-corrected chi connectivity index (χ2v) is 10.5. The lowest BCUT2D eigenvalue weighted by Crippen LogP contribution is -2.15. The lowest BCUT2D eigenvalue weighted by molar-refractivity contribution is -0.145. The van der Waals surface area contributed by atoms with E-state index < -0.39 is 0 Å². The number of unbranched alkanes of at least 4 members (excludes halogenated alkanes) is 6. The Balaban J connectivity index is 3.11. The van der Waals surface area contributed by atoms with Gasteiger partial charge in [-0.25, -0.2) is 0 Å². The summed E-state index contributed by atoms with van der Waals surface area (Å²) in [4.78, 5) is 22.6. The smallest absolute Gasteiger partial charge is 0.307 e. The third-order valence-electron chi connectivity index (χ3n) is 6.50. The molecule has 0 spiro atoms. The van der Waals surface area contributed by atoms with E-state index in [9.17, 15) is 9.59 Å². The fourth-order valence-corrected chi connectivity index (χ4v) is 3.85. The zero-order valence-corrected chi connectivity index (χ0v) is 29.9. The van der Waals surface area contributed by atoms with Crippen LogP contribution in [0.25, 0.3) is 0 Å². The summed E-state index contributed by atoms with van der Waals surface area (Å²) < 4.78 is 64.0. The third-order valence-corrected chi connectivity index (χ3v) is 6.50. The molecule has 48 heavy (non-hydrogen) atoms. The average Bonchev–Trinajstić information content (AvgIpc) is 3.09. The number of esters is 2. The molecule has 0 radical (unpaired) electrons. The summed E-state index contributed by atoms with van der Waals surface area (Å²) >= 11 is 0. The first kappa shape index (κ1) is 46.5. The van der Waals surface area contributed by atoms with Gasteiger partial charge in [0, 0.05) is 6.42 Å². The molecule has 0 atom stereocenters. The summed E-state index contributed by atoms with van der Waals surface area (Å²) in [6, 6.07) is 0. The Morgan fingerprint density at radius 1 is 0.333 bits per heavy atom. The average molecular weight is 699 g/mol. The minimum atomic E-state index is -0.288. The van der Waals surface area contributed by atoms with Crippen molar-refractivity contribution in [2.24, 2.45) is 0 Å². The molecule has 286 valence electrons. The summed E-state index contributed by atoms with van der Waals surface area (Å²) in [6.07, 6.45) is 9.02. The van der Waals surface area contributed by atoms with Crippen LogP contribution in [0.1, 0.15) is 64.7 Å². The van der Waals surface area contributed by atoms with E-state index >= 15 is 0 Å². The van der Waals surface area contributed by atoms with Gasteiger partial charge in [-0.05, 0) is 6.42 Å². The normalized spacial score (nSPS) is 11.3. The van der Waals surface area contributed by atoms with Crippen LogP contribution in [-0.4, -0.2) is 158 Å². The van der Waals surface area contributed by atoms with E-state index in [1.165, 1.54) is 39.2 Å². The molecule has 0 aromatic carbocycles. The predicted octanol–water partition coefficient (Wildman–Crippen LogP) is 3.40. The van der Waals surface area contributed by atoms with Crippen LogP contribution in [0.3, 0.4) is 0 Å². The molecule has 0 bridgehead atoms. The Morgan fingerprint density at radius 2 is 0.625 bits per heavy atom. The second-order valence-electron chi connectivity index (χ2n) is 10.5. The molecule has 14 nitrogen and oxygen atoms in total. The lowest BCUT2D eigenvalue weighted by Gasteiger charge is -2.09. The van der Waals surface area contributed by atoms with E-state index in [1.54, 1.807) is 0 Å². The molecule has 14 heteroatoms. The van der Waals surface area contributed by atoms with Crippen molar-refractivity contribution in [1.82, 2.24) is 0 Å². The predicted molar refractivity (Wildman–Crippen MR) is 178 cm³/mol. The number of hydrogen-bond acceptors (Lipinski definition) is 14. The summed E-state index contributed by atoms with van der Waals surface area (Å²) in [5, 5.41) is 0.